The molecule has 3 heterocycles. The van der Waals surface area contributed by atoms with E-state index in [9.17, 15) is 4.79 Å². The SMILES string of the molecule is CCOC(=O)[C@@H]1[C@H](c2ccc(OC)cc2OC)c2cc3c(cc2O[C@]1(C)N1CCCC1)OCO3. The minimum absolute atomic E-state index is 0.152. The summed E-state index contributed by atoms with van der Waals surface area (Å²) in [6.07, 6.45) is 2.11. The number of rotatable bonds is 6. The monoisotopic (exact) mass is 469 g/mol. The fraction of sp³-hybridized carbons (Fsp3) is 0.500. The lowest BCUT2D eigenvalue weighted by Gasteiger charge is -2.49. The van der Waals surface area contributed by atoms with Crippen molar-refractivity contribution in [3.8, 4) is 28.7 Å². The Hall–Kier alpha value is -3.13. The highest BCUT2D eigenvalue weighted by Gasteiger charge is 2.56. The average molecular weight is 470 g/mol. The van der Waals surface area contributed by atoms with Gasteiger partial charge in [-0.25, -0.2) is 0 Å². The van der Waals surface area contributed by atoms with Crippen molar-refractivity contribution in [1.29, 1.82) is 0 Å². The molecule has 0 aliphatic carbocycles. The third-order valence-electron chi connectivity index (χ3n) is 7.12. The Morgan fingerprint density at radius 3 is 2.44 bits per heavy atom. The fourth-order valence-corrected chi connectivity index (χ4v) is 5.48. The van der Waals surface area contributed by atoms with Crippen LogP contribution in [0.25, 0.3) is 0 Å². The van der Waals surface area contributed by atoms with Crippen molar-refractivity contribution in [3.63, 3.8) is 0 Å². The Morgan fingerprint density at radius 1 is 1.03 bits per heavy atom. The van der Waals surface area contributed by atoms with Crippen molar-refractivity contribution >= 4 is 5.97 Å². The highest BCUT2D eigenvalue weighted by atomic mass is 16.7. The maximum Gasteiger partial charge on any atom is 0.315 e. The minimum Gasteiger partial charge on any atom is -0.497 e. The molecule has 1 fully saturated rings. The van der Waals surface area contributed by atoms with Gasteiger partial charge in [0.15, 0.2) is 17.2 Å². The zero-order chi connectivity index (χ0) is 23.9. The Balaban J connectivity index is 1.75. The second kappa shape index (κ2) is 8.91. The summed E-state index contributed by atoms with van der Waals surface area (Å²) in [6.45, 7) is 5.95. The molecule has 182 valence electrons. The number of fused-ring (bicyclic) bond motifs is 2. The van der Waals surface area contributed by atoms with Gasteiger partial charge in [-0.05, 0) is 38.8 Å². The van der Waals surface area contributed by atoms with Crippen LogP contribution in [0.5, 0.6) is 28.7 Å². The van der Waals surface area contributed by atoms with E-state index in [2.05, 4.69) is 4.90 Å². The van der Waals surface area contributed by atoms with E-state index in [-0.39, 0.29) is 19.4 Å². The molecule has 3 atom stereocenters. The lowest BCUT2D eigenvalue weighted by Crippen LogP contribution is -2.61. The van der Waals surface area contributed by atoms with Crippen LogP contribution in [0.3, 0.4) is 0 Å². The molecule has 1 saturated heterocycles. The van der Waals surface area contributed by atoms with Crippen LogP contribution in [0.4, 0.5) is 0 Å². The van der Waals surface area contributed by atoms with Crippen LogP contribution in [-0.2, 0) is 9.53 Å². The van der Waals surface area contributed by atoms with Gasteiger partial charge in [-0.1, -0.05) is 6.07 Å². The molecule has 5 rings (SSSR count). The summed E-state index contributed by atoms with van der Waals surface area (Å²) in [5, 5.41) is 0. The van der Waals surface area contributed by atoms with E-state index in [4.69, 9.17) is 28.4 Å². The number of benzene rings is 2. The van der Waals surface area contributed by atoms with Gasteiger partial charge in [-0.3, -0.25) is 9.69 Å². The fourth-order valence-electron chi connectivity index (χ4n) is 5.48. The van der Waals surface area contributed by atoms with Crippen molar-refractivity contribution in [2.75, 3.05) is 40.7 Å². The van der Waals surface area contributed by atoms with Crippen LogP contribution in [0.2, 0.25) is 0 Å². The average Bonchev–Trinajstić information content (AvgIpc) is 3.54. The zero-order valence-electron chi connectivity index (χ0n) is 20.1. The molecular formula is C26H31NO7. The van der Waals surface area contributed by atoms with Gasteiger partial charge in [0.25, 0.3) is 0 Å². The molecule has 8 nitrogen and oxygen atoms in total. The standard InChI is InChI=1S/C26H31NO7/c1-5-31-25(28)24-23(17-9-8-16(29-3)12-19(17)30-4)18-13-21-22(33-15-32-21)14-20(18)34-26(24,2)27-10-6-7-11-27/h8-9,12-14,23-24H,5-7,10-11,15H2,1-4H3/t23-,24+,26+/m1/s1. The lowest BCUT2D eigenvalue weighted by molar-refractivity contribution is -0.174. The summed E-state index contributed by atoms with van der Waals surface area (Å²) >= 11 is 0. The molecule has 0 spiro atoms. The van der Waals surface area contributed by atoms with Gasteiger partial charge in [0.1, 0.15) is 23.2 Å². The Labute approximate surface area is 199 Å². The van der Waals surface area contributed by atoms with Crippen molar-refractivity contribution < 1.29 is 33.2 Å². The first kappa shape index (κ1) is 22.7. The number of hydrogen-bond acceptors (Lipinski definition) is 8. The van der Waals surface area contributed by atoms with E-state index in [1.807, 2.05) is 44.2 Å². The summed E-state index contributed by atoms with van der Waals surface area (Å²) < 4.78 is 34.9. The molecular weight excluding hydrogens is 438 g/mol. The van der Waals surface area contributed by atoms with Crippen LogP contribution < -0.4 is 23.7 Å². The maximum absolute atomic E-state index is 13.7. The summed E-state index contributed by atoms with van der Waals surface area (Å²) in [5.74, 6) is 1.90. The van der Waals surface area contributed by atoms with Gasteiger partial charge >= 0.3 is 5.97 Å². The second-order valence-corrected chi connectivity index (χ2v) is 8.91. The van der Waals surface area contributed by atoms with Crippen LogP contribution in [-0.4, -0.2) is 57.3 Å². The van der Waals surface area contributed by atoms with Gasteiger partial charge in [0.05, 0.1) is 20.8 Å². The van der Waals surface area contributed by atoms with Gasteiger partial charge in [-0.2, -0.15) is 0 Å². The highest BCUT2D eigenvalue weighted by Crippen LogP contribution is 2.55. The Morgan fingerprint density at radius 2 is 1.76 bits per heavy atom. The number of esters is 1. The molecule has 3 aliphatic rings. The lowest BCUT2D eigenvalue weighted by atomic mass is 9.72. The third kappa shape index (κ3) is 3.60. The highest BCUT2D eigenvalue weighted by molar-refractivity contribution is 5.78. The minimum atomic E-state index is -0.918. The molecule has 0 bridgehead atoms. The maximum atomic E-state index is 13.7. The first-order valence-electron chi connectivity index (χ1n) is 11.8. The molecule has 0 unspecified atom stereocenters. The number of nitrogens with zero attached hydrogens (tertiary/aromatic N) is 1. The van der Waals surface area contributed by atoms with Crippen molar-refractivity contribution in [1.82, 2.24) is 4.90 Å². The van der Waals surface area contributed by atoms with Crippen LogP contribution >= 0.6 is 0 Å². The van der Waals surface area contributed by atoms with Gasteiger partial charge < -0.3 is 28.4 Å². The Bertz CT molecular complexity index is 1080. The zero-order valence-corrected chi connectivity index (χ0v) is 20.1. The van der Waals surface area contributed by atoms with E-state index in [1.165, 1.54) is 0 Å². The largest absolute Gasteiger partial charge is 0.497 e. The topological polar surface area (TPSA) is 75.7 Å². The Kier molecular flexibility index (Phi) is 5.93. The van der Waals surface area contributed by atoms with E-state index in [0.717, 1.165) is 37.1 Å². The number of likely N-dealkylation sites (tertiary alicyclic amines) is 1. The molecule has 0 saturated carbocycles. The first-order valence-corrected chi connectivity index (χ1v) is 11.8. The molecule has 8 heteroatoms. The van der Waals surface area contributed by atoms with Gasteiger partial charge in [0, 0.05) is 42.3 Å². The summed E-state index contributed by atoms with van der Waals surface area (Å²) in [5.41, 5.74) is 0.775. The molecule has 2 aromatic carbocycles. The number of hydrogen-bond donors (Lipinski definition) is 0. The predicted octanol–water partition coefficient (Wildman–Crippen LogP) is 3.95. The molecule has 3 aliphatic heterocycles. The molecule has 34 heavy (non-hydrogen) atoms. The number of carbonyl (C=O) groups is 1. The smallest absolute Gasteiger partial charge is 0.315 e. The summed E-state index contributed by atoms with van der Waals surface area (Å²) in [7, 11) is 3.24. The first-order chi connectivity index (χ1) is 16.5. The van der Waals surface area contributed by atoms with E-state index >= 15 is 0 Å². The molecule has 0 amide bonds. The predicted molar refractivity (Wildman–Crippen MR) is 124 cm³/mol. The van der Waals surface area contributed by atoms with Gasteiger partial charge in [0.2, 0.25) is 6.79 Å². The van der Waals surface area contributed by atoms with E-state index < -0.39 is 17.6 Å². The van der Waals surface area contributed by atoms with Crippen molar-refractivity contribution in [2.45, 2.75) is 38.3 Å². The van der Waals surface area contributed by atoms with Crippen LogP contribution in [0.15, 0.2) is 30.3 Å². The van der Waals surface area contributed by atoms with Crippen molar-refractivity contribution in [2.24, 2.45) is 5.92 Å². The van der Waals surface area contributed by atoms with E-state index in [0.29, 0.717) is 28.7 Å². The summed E-state index contributed by atoms with van der Waals surface area (Å²) in [4.78, 5) is 15.9. The van der Waals surface area contributed by atoms with E-state index in [1.54, 1.807) is 14.2 Å². The molecule has 0 aromatic heterocycles. The number of ether oxygens (including phenoxy) is 6. The number of methoxy groups -OCH3 is 2. The quantitative estimate of drug-likeness (QED) is 0.589. The molecule has 0 N–H and O–H groups in total. The van der Waals surface area contributed by atoms with Gasteiger partial charge in [-0.15, -0.1) is 0 Å². The normalized spacial score (nSPS) is 25.4. The second-order valence-electron chi connectivity index (χ2n) is 8.91. The van der Waals surface area contributed by atoms with Crippen LogP contribution in [0, 0.1) is 5.92 Å². The van der Waals surface area contributed by atoms with Crippen LogP contribution in [0.1, 0.15) is 43.7 Å². The van der Waals surface area contributed by atoms with Crippen molar-refractivity contribution in [3.05, 3.63) is 41.5 Å². The molecule has 2 aromatic rings. The summed E-state index contributed by atoms with van der Waals surface area (Å²) in [6, 6.07) is 9.47. The number of carbonyl (C=O) groups excluding carboxylic acids is 1. The molecule has 0 radical (unpaired) electrons. The third-order valence-corrected chi connectivity index (χ3v) is 7.12.